The minimum Gasteiger partial charge on any atom is -0.335 e. The Balaban J connectivity index is 1.67. The van der Waals surface area contributed by atoms with Gasteiger partial charge in [0, 0.05) is 18.0 Å². The van der Waals surface area contributed by atoms with Gasteiger partial charge in [-0.1, -0.05) is 57.8 Å². The first-order valence-electron chi connectivity index (χ1n) is 10.4. The maximum atomic E-state index is 13.1. The van der Waals surface area contributed by atoms with Crippen LogP contribution < -0.4 is 5.32 Å². The molecular weight excluding hydrogens is 300 g/mol. The quantitative estimate of drug-likeness (QED) is 0.808. The fourth-order valence-electron chi connectivity index (χ4n) is 4.82. The number of rotatable bonds is 3. The average molecular weight is 335 g/mol. The molecule has 0 heterocycles. The maximum Gasteiger partial charge on any atom is 0.324 e. The third kappa shape index (κ3) is 4.52. The lowest BCUT2D eigenvalue weighted by Crippen LogP contribution is -2.54. The molecule has 4 nitrogen and oxygen atoms in total. The van der Waals surface area contributed by atoms with Gasteiger partial charge in [-0.2, -0.15) is 0 Å². The molecule has 1 N–H and O–H groups in total. The summed E-state index contributed by atoms with van der Waals surface area (Å²) in [7, 11) is 0. The molecule has 0 aromatic heterocycles. The van der Waals surface area contributed by atoms with Crippen LogP contribution in [0.5, 0.6) is 0 Å². The van der Waals surface area contributed by atoms with Gasteiger partial charge in [-0.15, -0.1) is 0 Å². The van der Waals surface area contributed by atoms with Crippen molar-refractivity contribution in [3.05, 3.63) is 0 Å². The molecule has 0 atom stereocenters. The average Bonchev–Trinajstić information content (AvgIpc) is 2.64. The van der Waals surface area contributed by atoms with Crippen LogP contribution in [0.1, 0.15) is 96.3 Å². The van der Waals surface area contributed by atoms with Crippen LogP contribution in [-0.2, 0) is 4.79 Å². The van der Waals surface area contributed by atoms with E-state index in [0.717, 1.165) is 64.2 Å². The zero-order valence-corrected chi connectivity index (χ0v) is 15.1. The van der Waals surface area contributed by atoms with Crippen LogP contribution >= 0.6 is 0 Å². The second kappa shape index (κ2) is 8.87. The van der Waals surface area contributed by atoms with Gasteiger partial charge in [0.15, 0.2) is 0 Å². The van der Waals surface area contributed by atoms with Crippen LogP contribution in [-0.4, -0.2) is 28.9 Å². The molecule has 3 aliphatic rings. The molecule has 3 amide bonds. The molecule has 0 spiro atoms. The summed E-state index contributed by atoms with van der Waals surface area (Å²) in [5.41, 5.74) is 0. The Bertz CT molecular complexity index is 419. The Morgan fingerprint density at radius 1 is 0.667 bits per heavy atom. The number of carbonyl (C=O) groups is 2. The van der Waals surface area contributed by atoms with Crippen LogP contribution in [0.25, 0.3) is 0 Å². The molecule has 0 saturated heterocycles. The number of nitrogens with one attached hydrogen (secondary N) is 1. The summed E-state index contributed by atoms with van der Waals surface area (Å²) < 4.78 is 0. The van der Waals surface area contributed by atoms with E-state index in [-0.39, 0.29) is 29.9 Å². The van der Waals surface area contributed by atoms with Gasteiger partial charge in [0.25, 0.3) is 0 Å². The topological polar surface area (TPSA) is 49.4 Å². The van der Waals surface area contributed by atoms with Gasteiger partial charge < -0.3 is 5.32 Å². The summed E-state index contributed by atoms with van der Waals surface area (Å²) in [6, 6.07) is 0.317. The molecule has 0 bridgehead atoms. The molecular formula is C20H34N2O2. The summed E-state index contributed by atoms with van der Waals surface area (Å²) in [4.78, 5) is 27.8. The predicted molar refractivity (Wildman–Crippen MR) is 95.7 cm³/mol. The number of imide groups is 1. The van der Waals surface area contributed by atoms with Crippen molar-refractivity contribution in [3.8, 4) is 0 Å². The molecule has 24 heavy (non-hydrogen) atoms. The highest BCUT2D eigenvalue weighted by Gasteiger charge is 2.36. The minimum absolute atomic E-state index is 0.0813. The van der Waals surface area contributed by atoms with E-state index < -0.39 is 0 Å². The third-order valence-corrected chi connectivity index (χ3v) is 6.28. The van der Waals surface area contributed by atoms with Crippen molar-refractivity contribution in [2.75, 3.05) is 0 Å². The second-order valence-corrected chi connectivity index (χ2v) is 8.12. The van der Waals surface area contributed by atoms with Crippen molar-refractivity contribution < 1.29 is 9.59 Å². The monoisotopic (exact) mass is 334 g/mol. The lowest BCUT2D eigenvalue weighted by Gasteiger charge is -2.37. The lowest BCUT2D eigenvalue weighted by atomic mass is 9.86. The summed E-state index contributed by atoms with van der Waals surface area (Å²) in [6.45, 7) is 0. The van der Waals surface area contributed by atoms with E-state index in [1.807, 2.05) is 0 Å². The van der Waals surface area contributed by atoms with Gasteiger partial charge in [-0.25, -0.2) is 4.79 Å². The first-order valence-corrected chi connectivity index (χ1v) is 10.4. The van der Waals surface area contributed by atoms with Crippen LogP contribution in [0.3, 0.4) is 0 Å². The molecule has 0 unspecified atom stereocenters. The SMILES string of the molecule is O=C(NC1CCCCC1)N(C(=O)C1CCCCC1)C1CCCCC1. The van der Waals surface area contributed by atoms with Crippen LogP contribution in [0.15, 0.2) is 0 Å². The first-order chi connectivity index (χ1) is 11.8. The van der Waals surface area contributed by atoms with E-state index >= 15 is 0 Å². The number of hydrogen-bond donors (Lipinski definition) is 1. The zero-order chi connectivity index (χ0) is 16.8. The van der Waals surface area contributed by atoms with Crippen LogP contribution in [0, 0.1) is 5.92 Å². The Hall–Kier alpha value is -1.06. The molecule has 3 fully saturated rings. The summed E-state index contributed by atoms with van der Waals surface area (Å²) in [6.07, 6.45) is 16.8. The largest absolute Gasteiger partial charge is 0.335 e. The number of carbonyl (C=O) groups excluding carboxylic acids is 2. The summed E-state index contributed by atoms with van der Waals surface area (Å²) in [5, 5.41) is 3.20. The van der Waals surface area contributed by atoms with Gasteiger partial charge in [-0.3, -0.25) is 9.69 Å². The van der Waals surface area contributed by atoms with Gasteiger partial charge in [0.1, 0.15) is 0 Å². The van der Waals surface area contributed by atoms with E-state index in [0.29, 0.717) is 0 Å². The maximum absolute atomic E-state index is 13.1. The normalized spacial score (nSPS) is 24.5. The lowest BCUT2D eigenvalue weighted by molar-refractivity contribution is -0.136. The second-order valence-electron chi connectivity index (χ2n) is 8.12. The fourth-order valence-corrected chi connectivity index (χ4v) is 4.82. The molecule has 3 aliphatic carbocycles. The molecule has 0 aromatic rings. The van der Waals surface area contributed by atoms with E-state index in [4.69, 9.17) is 0 Å². The smallest absolute Gasteiger partial charge is 0.324 e. The van der Waals surface area contributed by atoms with Gasteiger partial charge >= 0.3 is 6.03 Å². The van der Waals surface area contributed by atoms with E-state index in [9.17, 15) is 9.59 Å². The number of hydrogen-bond acceptors (Lipinski definition) is 2. The number of nitrogens with zero attached hydrogens (tertiary/aromatic N) is 1. The van der Waals surface area contributed by atoms with Crippen molar-refractivity contribution in [2.45, 2.75) is 108 Å². The number of amides is 3. The van der Waals surface area contributed by atoms with Crippen molar-refractivity contribution in [1.82, 2.24) is 10.2 Å². The van der Waals surface area contributed by atoms with E-state index in [1.54, 1.807) is 4.90 Å². The van der Waals surface area contributed by atoms with Crippen LogP contribution in [0.4, 0.5) is 4.79 Å². The van der Waals surface area contributed by atoms with E-state index in [1.165, 1.54) is 32.1 Å². The highest BCUT2D eigenvalue weighted by atomic mass is 16.2. The standard InChI is InChI=1S/C20H34N2O2/c23-19(16-10-4-1-5-11-16)22(18-14-8-3-9-15-18)20(24)21-17-12-6-2-7-13-17/h16-18H,1-15H2,(H,21,24). The Labute approximate surface area is 146 Å². The molecule has 3 rings (SSSR count). The fraction of sp³-hybridized carbons (Fsp3) is 0.900. The summed E-state index contributed by atoms with van der Waals surface area (Å²) >= 11 is 0. The van der Waals surface area contributed by atoms with Gasteiger partial charge in [0.2, 0.25) is 5.91 Å². The van der Waals surface area contributed by atoms with Crippen LogP contribution in [0.2, 0.25) is 0 Å². The molecule has 0 aromatic carbocycles. The molecule has 0 aliphatic heterocycles. The zero-order valence-electron chi connectivity index (χ0n) is 15.1. The highest BCUT2D eigenvalue weighted by Crippen LogP contribution is 2.30. The van der Waals surface area contributed by atoms with E-state index in [2.05, 4.69) is 5.32 Å². The highest BCUT2D eigenvalue weighted by molar-refractivity contribution is 5.96. The van der Waals surface area contributed by atoms with Gasteiger partial charge in [-0.05, 0) is 38.5 Å². The van der Waals surface area contributed by atoms with Crippen molar-refractivity contribution >= 4 is 11.9 Å². The summed E-state index contributed by atoms with van der Waals surface area (Å²) in [5.74, 6) is 0.202. The Morgan fingerprint density at radius 3 is 1.75 bits per heavy atom. The third-order valence-electron chi connectivity index (χ3n) is 6.28. The van der Waals surface area contributed by atoms with Crippen molar-refractivity contribution in [2.24, 2.45) is 5.92 Å². The van der Waals surface area contributed by atoms with Gasteiger partial charge in [0.05, 0.1) is 0 Å². The first kappa shape index (κ1) is 17.8. The number of urea groups is 1. The predicted octanol–water partition coefficient (Wildman–Crippen LogP) is 4.77. The Morgan fingerprint density at radius 2 is 1.17 bits per heavy atom. The molecule has 136 valence electrons. The molecule has 0 radical (unpaired) electrons. The van der Waals surface area contributed by atoms with Crippen molar-refractivity contribution in [3.63, 3.8) is 0 Å². The minimum atomic E-state index is -0.0932. The Kier molecular flexibility index (Phi) is 6.56. The van der Waals surface area contributed by atoms with Crippen molar-refractivity contribution in [1.29, 1.82) is 0 Å². The molecule has 3 saturated carbocycles. The molecule has 4 heteroatoms.